The molecular weight excluding hydrogens is 468 g/mol. The van der Waals surface area contributed by atoms with E-state index in [1.807, 2.05) is 69.0 Å². The van der Waals surface area contributed by atoms with Crippen molar-refractivity contribution in [3.8, 4) is 17.1 Å². The number of nitrogens with one attached hydrogen (secondary N) is 2. The minimum Gasteiger partial charge on any atom is -0.494 e. The number of rotatable bonds is 10. The fraction of sp³-hybridized carbons (Fsp3) is 0.259. The van der Waals surface area contributed by atoms with Gasteiger partial charge >= 0.3 is 0 Å². The second kappa shape index (κ2) is 11.1. The van der Waals surface area contributed by atoms with Crippen LogP contribution in [0.2, 0.25) is 0 Å². The second-order valence-corrected chi connectivity index (χ2v) is 8.91. The summed E-state index contributed by atoms with van der Waals surface area (Å²) in [5.74, 6) is 0.662. The molecule has 10 heteroatoms. The number of amides is 1. The van der Waals surface area contributed by atoms with Crippen LogP contribution in [0.1, 0.15) is 5.56 Å². The molecule has 0 saturated carbocycles. The maximum atomic E-state index is 12.2. The molecule has 0 spiro atoms. The first-order chi connectivity index (χ1) is 17.8. The van der Waals surface area contributed by atoms with Gasteiger partial charge in [0, 0.05) is 38.6 Å². The van der Waals surface area contributed by atoms with E-state index in [2.05, 4.69) is 37.0 Å². The zero-order chi connectivity index (χ0) is 26.5. The highest BCUT2D eigenvalue weighted by Crippen LogP contribution is 2.38. The summed E-state index contributed by atoms with van der Waals surface area (Å²) in [6.45, 7) is 7.20. The van der Waals surface area contributed by atoms with Crippen molar-refractivity contribution in [2.45, 2.75) is 6.92 Å². The molecule has 10 nitrogen and oxygen atoms in total. The van der Waals surface area contributed by atoms with Crippen LogP contribution in [0.3, 0.4) is 0 Å². The summed E-state index contributed by atoms with van der Waals surface area (Å²) in [4.78, 5) is 30.0. The Balaban J connectivity index is 1.70. The maximum absolute atomic E-state index is 12.2. The largest absolute Gasteiger partial charge is 0.494 e. The molecule has 0 radical (unpaired) electrons. The molecule has 1 aromatic carbocycles. The van der Waals surface area contributed by atoms with Gasteiger partial charge in [0.1, 0.15) is 11.4 Å². The van der Waals surface area contributed by atoms with Gasteiger partial charge < -0.3 is 25.2 Å². The van der Waals surface area contributed by atoms with Crippen molar-refractivity contribution >= 4 is 34.6 Å². The Hall–Kier alpha value is -4.44. The van der Waals surface area contributed by atoms with Crippen LogP contribution in [-0.4, -0.2) is 71.5 Å². The van der Waals surface area contributed by atoms with E-state index < -0.39 is 0 Å². The predicted octanol–water partition coefficient (Wildman–Crippen LogP) is 3.97. The zero-order valence-corrected chi connectivity index (χ0v) is 21.8. The highest BCUT2D eigenvalue weighted by molar-refractivity contribution is 6.02. The van der Waals surface area contributed by atoms with Gasteiger partial charge in [0.2, 0.25) is 11.9 Å². The number of methoxy groups -OCH3 is 1. The van der Waals surface area contributed by atoms with Crippen LogP contribution in [0.25, 0.3) is 17.0 Å². The third-order valence-corrected chi connectivity index (χ3v) is 5.95. The Labute approximate surface area is 216 Å². The van der Waals surface area contributed by atoms with E-state index in [4.69, 9.17) is 9.72 Å². The average molecular weight is 501 g/mol. The fourth-order valence-electron chi connectivity index (χ4n) is 3.93. The number of pyridine rings is 1. The van der Waals surface area contributed by atoms with Gasteiger partial charge in [-0.25, -0.2) is 15.0 Å². The summed E-state index contributed by atoms with van der Waals surface area (Å²) in [6, 6.07) is 9.54. The molecular formula is C27H32N8O2. The van der Waals surface area contributed by atoms with Crippen LogP contribution >= 0.6 is 0 Å². The number of ether oxygens (including phenoxy) is 1. The van der Waals surface area contributed by atoms with Crippen molar-refractivity contribution in [2.75, 3.05) is 56.9 Å². The summed E-state index contributed by atoms with van der Waals surface area (Å²) < 4.78 is 7.69. The highest BCUT2D eigenvalue weighted by Gasteiger charge is 2.17. The van der Waals surface area contributed by atoms with E-state index in [1.165, 1.54) is 6.08 Å². The SMILES string of the molecule is C=CC(=O)Nc1cc(Nc2nccc(-c3cnc4c(C)cccn34)n2)c(OC)cc1N(C)CCN(C)C. The lowest BCUT2D eigenvalue weighted by molar-refractivity contribution is -0.111. The molecule has 2 N–H and O–H groups in total. The molecule has 0 saturated heterocycles. The van der Waals surface area contributed by atoms with E-state index in [0.717, 1.165) is 41.4 Å². The lowest BCUT2D eigenvalue weighted by atomic mass is 10.2. The number of hydrogen-bond donors (Lipinski definition) is 2. The number of carbonyl (C=O) groups is 1. The van der Waals surface area contributed by atoms with Crippen LogP contribution in [0.5, 0.6) is 5.75 Å². The van der Waals surface area contributed by atoms with Crippen LogP contribution in [0, 0.1) is 6.92 Å². The molecule has 0 aliphatic heterocycles. The number of hydrogen-bond acceptors (Lipinski definition) is 8. The van der Waals surface area contributed by atoms with Crippen LogP contribution in [-0.2, 0) is 4.79 Å². The molecule has 3 aromatic heterocycles. The van der Waals surface area contributed by atoms with Gasteiger partial charge in [-0.2, -0.15) is 0 Å². The second-order valence-electron chi connectivity index (χ2n) is 8.91. The normalized spacial score (nSPS) is 11.0. The number of imidazole rings is 1. The monoisotopic (exact) mass is 500 g/mol. The number of aryl methyl sites for hydroxylation is 1. The third-order valence-electron chi connectivity index (χ3n) is 5.95. The van der Waals surface area contributed by atoms with E-state index in [-0.39, 0.29) is 5.91 Å². The van der Waals surface area contributed by atoms with Crippen LogP contribution < -0.4 is 20.3 Å². The van der Waals surface area contributed by atoms with E-state index in [9.17, 15) is 4.79 Å². The minimum atomic E-state index is -0.306. The lowest BCUT2D eigenvalue weighted by Gasteiger charge is -2.26. The summed E-state index contributed by atoms with van der Waals surface area (Å²) in [5.41, 5.74) is 5.57. The zero-order valence-electron chi connectivity index (χ0n) is 21.8. The van der Waals surface area contributed by atoms with Gasteiger partial charge in [0.25, 0.3) is 0 Å². The number of likely N-dealkylation sites (N-methyl/N-ethyl adjacent to an activating group) is 2. The smallest absolute Gasteiger partial charge is 0.247 e. The van der Waals surface area contributed by atoms with E-state index in [1.54, 1.807) is 19.5 Å². The molecule has 0 atom stereocenters. The number of anilines is 4. The minimum absolute atomic E-state index is 0.306. The topological polar surface area (TPSA) is 99.9 Å². The van der Waals surface area contributed by atoms with Crippen molar-refractivity contribution in [3.63, 3.8) is 0 Å². The molecule has 0 aliphatic carbocycles. The summed E-state index contributed by atoms with van der Waals surface area (Å²) in [7, 11) is 7.61. The summed E-state index contributed by atoms with van der Waals surface area (Å²) in [5, 5.41) is 6.16. The number of benzene rings is 1. The van der Waals surface area contributed by atoms with Gasteiger partial charge in [-0.3, -0.25) is 9.20 Å². The molecule has 4 aromatic rings. The van der Waals surface area contributed by atoms with Gasteiger partial charge in [-0.1, -0.05) is 12.6 Å². The lowest BCUT2D eigenvalue weighted by Crippen LogP contribution is -2.29. The molecule has 0 unspecified atom stereocenters. The molecule has 4 rings (SSSR count). The first kappa shape index (κ1) is 25.6. The molecule has 192 valence electrons. The highest BCUT2D eigenvalue weighted by atomic mass is 16.5. The Morgan fingerprint density at radius 2 is 1.97 bits per heavy atom. The van der Waals surface area contributed by atoms with Gasteiger partial charge in [-0.05, 0) is 50.9 Å². The molecule has 0 aliphatic rings. The summed E-state index contributed by atoms with van der Waals surface area (Å²) >= 11 is 0. The quantitative estimate of drug-likeness (QED) is 0.316. The van der Waals surface area contributed by atoms with Crippen molar-refractivity contribution in [3.05, 3.63) is 67.1 Å². The van der Waals surface area contributed by atoms with Crippen molar-refractivity contribution < 1.29 is 9.53 Å². The average Bonchev–Trinajstić information content (AvgIpc) is 3.33. The van der Waals surface area contributed by atoms with Crippen molar-refractivity contribution in [1.29, 1.82) is 0 Å². The van der Waals surface area contributed by atoms with Crippen LogP contribution in [0.15, 0.2) is 61.6 Å². The molecule has 3 heterocycles. The van der Waals surface area contributed by atoms with Gasteiger partial charge in [0.15, 0.2) is 0 Å². The predicted molar refractivity (Wildman–Crippen MR) is 148 cm³/mol. The Morgan fingerprint density at radius 1 is 1.16 bits per heavy atom. The Morgan fingerprint density at radius 3 is 2.70 bits per heavy atom. The maximum Gasteiger partial charge on any atom is 0.247 e. The fourth-order valence-corrected chi connectivity index (χ4v) is 3.93. The first-order valence-electron chi connectivity index (χ1n) is 11.8. The first-order valence-corrected chi connectivity index (χ1v) is 11.8. The standard InChI is InChI=1S/C27H32N8O2/c1-7-25(36)30-20-15-21(24(37-6)16-22(20)34(5)14-13-33(3)4)32-27-28-11-10-19(31-27)23-17-29-26-18(2)9-8-12-35(23)26/h7-12,15-17H,1,13-14H2,2-6H3,(H,30,36)(H,28,31,32). The number of nitrogens with zero attached hydrogens (tertiary/aromatic N) is 6. The van der Waals surface area contributed by atoms with Gasteiger partial charge in [0.05, 0.1) is 41.8 Å². The molecule has 37 heavy (non-hydrogen) atoms. The molecule has 1 amide bonds. The van der Waals surface area contributed by atoms with Crippen molar-refractivity contribution in [2.24, 2.45) is 0 Å². The third kappa shape index (κ3) is 5.70. The number of fused-ring (bicyclic) bond motifs is 1. The van der Waals surface area contributed by atoms with Gasteiger partial charge in [-0.15, -0.1) is 0 Å². The van der Waals surface area contributed by atoms with Crippen LogP contribution in [0.4, 0.5) is 23.0 Å². The Bertz CT molecular complexity index is 1430. The molecule has 0 bridgehead atoms. The van der Waals surface area contributed by atoms with E-state index in [0.29, 0.717) is 23.1 Å². The summed E-state index contributed by atoms with van der Waals surface area (Å²) in [6.07, 6.45) is 6.69. The van der Waals surface area contributed by atoms with Crippen molar-refractivity contribution in [1.82, 2.24) is 24.3 Å². The number of carbonyl (C=O) groups excluding carboxylic acids is 1. The van der Waals surface area contributed by atoms with E-state index >= 15 is 0 Å². The Kier molecular flexibility index (Phi) is 7.69. The molecule has 0 fully saturated rings. The number of aromatic nitrogens is 4.